The molecule has 1 atom stereocenters. The molecule has 4 rings (SSSR count). The smallest absolute Gasteiger partial charge is 0.245 e. The van der Waals surface area contributed by atoms with Crippen molar-refractivity contribution in [2.24, 2.45) is 5.92 Å². The summed E-state index contributed by atoms with van der Waals surface area (Å²) in [6.45, 7) is 8.92. The van der Waals surface area contributed by atoms with Crippen LogP contribution in [0.2, 0.25) is 0 Å². The average Bonchev–Trinajstić information content (AvgIpc) is 2.78. The first kappa shape index (κ1) is 26.6. The van der Waals surface area contributed by atoms with Gasteiger partial charge in [-0.25, -0.2) is 9.97 Å². The van der Waals surface area contributed by atoms with Crippen LogP contribution in [0.15, 0.2) is 36.5 Å². The number of rotatable bonds is 5. The highest BCUT2D eigenvalue weighted by atomic mass is 35.5. The third kappa shape index (κ3) is 6.01. The zero-order valence-corrected chi connectivity index (χ0v) is 20.8. The molecular weight excluding hydrogens is 463 g/mol. The van der Waals surface area contributed by atoms with Crippen LogP contribution in [-0.2, 0) is 0 Å². The fraction of sp³-hybridized carbons (Fsp3) is 0.391. The Labute approximate surface area is 206 Å². The molecule has 3 heterocycles. The molecule has 1 fully saturated rings. The van der Waals surface area contributed by atoms with E-state index in [9.17, 15) is 5.11 Å². The number of methoxy groups -OCH3 is 1. The number of aromatic hydroxyl groups is 1. The van der Waals surface area contributed by atoms with Crippen molar-refractivity contribution >= 4 is 30.8 Å². The summed E-state index contributed by atoms with van der Waals surface area (Å²) >= 11 is 0. The Morgan fingerprint density at radius 2 is 1.91 bits per heavy atom. The number of nitrogens with zero attached hydrogens (tertiary/aromatic N) is 5. The first-order valence-electron chi connectivity index (χ1n) is 10.5. The van der Waals surface area contributed by atoms with Crippen molar-refractivity contribution in [3.63, 3.8) is 0 Å². The monoisotopic (exact) mass is 492 g/mol. The molecule has 0 aliphatic carbocycles. The lowest BCUT2D eigenvalue weighted by Crippen LogP contribution is -2.53. The number of aryl methyl sites for hydroxylation is 1. The summed E-state index contributed by atoms with van der Waals surface area (Å²) in [5.41, 5.74) is 3.75. The van der Waals surface area contributed by atoms with Crippen LogP contribution in [0.5, 0.6) is 11.6 Å². The Morgan fingerprint density at radius 3 is 2.55 bits per heavy atom. The van der Waals surface area contributed by atoms with Gasteiger partial charge in [-0.15, -0.1) is 35.0 Å². The normalized spacial score (nSPS) is 15.5. The van der Waals surface area contributed by atoms with Gasteiger partial charge in [-0.2, -0.15) is 0 Å². The number of hydrogen-bond donors (Lipinski definition) is 2. The Hall–Kier alpha value is -2.68. The molecule has 1 saturated heterocycles. The topological polar surface area (TPSA) is 96.3 Å². The highest BCUT2D eigenvalue weighted by Gasteiger charge is 2.23. The van der Waals surface area contributed by atoms with Crippen molar-refractivity contribution in [1.82, 2.24) is 25.5 Å². The summed E-state index contributed by atoms with van der Waals surface area (Å²) in [4.78, 5) is 11.0. The maximum absolute atomic E-state index is 10.7. The Balaban J connectivity index is 0.00000193. The molecule has 10 heteroatoms. The van der Waals surface area contributed by atoms with Crippen molar-refractivity contribution in [3.8, 4) is 34.0 Å². The molecule has 1 aliphatic rings. The number of phenols is 1. The van der Waals surface area contributed by atoms with Crippen LogP contribution in [0.4, 0.5) is 5.95 Å². The number of hydrogen-bond acceptors (Lipinski definition) is 8. The molecule has 8 nitrogen and oxygen atoms in total. The van der Waals surface area contributed by atoms with E-state index < -0.39 is 0 Å². The van der Waals surface area contributed by atoms with Gasteiger partial charge < -0.3 is 20.1 Å². The number of benzene rings is 1. The summed E-state index contributed by atoms with van der Waals surface area (Å²) in [6.07, 6.45) is 1.67. The quantitative estimate of drug-likeness (QED) is 0.553. The van der Waals surface area contributed by atoms with E-state index in [1.54, 1.807) is 19.4 Å². The summed E-state index contributed by atoms with van der Waals surface area (Å²) in [6, 6.07) is 9.67. The SMILES string of the molecule is COc1cc(-c2ccc(-c3cnc(N4CCN[C@@H](C(C)C)C4)nn3)c(O)c2)cc(C)n1.Cl.Cl. The van der Waals surface area contributed by atoms with Crippen LogP contribution in [-0.4, -0.2) is 58.1 Å². The molecule has 0 radical (unpaired) electrons. The van der Waals surface area contributed by atoms with Gasteiger partial charge >= 0.3 is 0 Å². The maximum atomic E-state index is 10.7. The fourth-order valence-electron chi connectivity index (χ4n) is 3.78. The largest absolute Gasteiger partial charge is 0.507 e. The number of ether oxygens (including phenoxy) is 1. The van der Waals surface area contributed by atoms with Gasteiger partial charge in [0.25, 0.3) is 0 Å². The molecule has 2 N–H and O–H groups in total. The zero-order valence-electron chi connectivity index (χ0n) is 19.1. The molecule has 2 aromatic heterocycles. The van der Waals surface area contributed by atoms with Crippen LogP contribution < -0.4 is 15.0 Å². The minimum Gasteiger partial charge on any atom is -0.507 e. The van der Waals surface area contributed by atoms with Gasteiger partial charge in [0, 0.05) is 43.0 Å². The van der Waals surface area contributed by atoms with Gasteiger partial charge in [0.05, 0.1) is 13.3 Å². The molecule has 33 heavy (non-hydrogen) atoms. The number of phenolic OH excluding ortho intramolecular Hbond substituents is 1. The van der Waals surface area contributed by atoms with Gasteiger partial charge in [-0.3, -0.25) is 0 Å². The minimum atomic E-state index is 0. The van der Waals surface area contributed by atoms with E-state index in [0.717, 1.165) is 36.5 Å². The third-order valence-corrected chi connectivity index (χ3v) is 5.59. The molecule has 0 saturated carbocycles. The highest BCUT2D eigenvalue weighted by Crippen LogP contribution is 2.33. The second kappa shape index (κ2) is 11.4. The molecule has 0 unspecified atom stereocenters. The first-order valence-corrected chi connectivity index (χ1v) is 10.5. The molecule has 3 aromatic rings. The predicted molar refractivity (Wildman–Crippen MR) is 135 cm³/mol. The van der Waals surface area contributed by atoms with Crippen LogP contribution in [0.25, 0.3) is 22.4 Å². The van der Waals surface area contributed by atoms with Crippen LogP contribution in [0.1, 0.15) is 19.5 Å². The van der Waals surface area contributed by atoms with Crippen LogP contribution in [0.3, 0.4) is 0 Å². The number of halogens is 2. The molecule has 1 aromatic carbocycles. The van der Waals surface area contributed by atoms with E-state index in [2.05, 4.69) is 44.2 Å². The summed E-state index contributed by atoms with van der Waals surface area (Å²) in [5.74, 6) is 1.81. The molecule has 0 amide bonds. The van der Waals surface area contributed by atoms with Crippen molar-refractivity contribution in [2.45, 2.75) is 26.8 Å². The standard InChI is InChI=1S/C23H28N6O2.2ClH/c1-14(2)20-13-29(8-7-24-20)23-25-12-19(27-28-23)18-6-5-16(10-21(18)30)17-9-15(3)26-22(11-17)31-4;;/h5-6,9-12,14,20,24,30H,7-8,13H2,1-4H3;2*1H/t20-;;/m1../s1. The lowest BCUT2D eigenvalue weighted by Gasteiger charge is -2.35. The van der Waals surface area contributed by atoms with E-state index in [4.69, 9.17) is 4.74 Å². The Morgan fingerprint density at radius 1 is 1.12 bits per heavy atom. The van der Waals surface area contributed by atoms with E-state index in [-0.39, 0.29) is 30.6 Å². The van der Waals surface area contributed by atoms with Crippen molar-refractivity contribution < 1.29 is 9.84 Å². The number of aromatic nitrogens is 4. The average molecular weight is 493 g/mol. The zero-order chi connectivity index (χ0) is 22.0. The second-order valence-corrected chi connectivity index (χ2v) is 8.17. The number of pyridine rings is 1. The van der Waals surface area contributed by atoms with E-state index in [1.807, 2.05) is 31.2 Å². The van der Waals surface area contributed by atoms with Gasteiger partial charge in [0.15, 0.2) is 0 Å². The van der Waals surface area contributed by atoms with E-state index in [0.29, 0.717) is 35.0 Å². The summed E-state index contributed by atoms with van der Waals surface area (Å²) in [5, 5.41) is 22.8. The molecule has 1 aliphatic heterocycles. The highest BCUT2D eigenvalue weighted by molar-refractivity contribution is 5.85. The minimum absolute atomic E-state index is 0. The van der Waals surface area contributed by atoms with Crippen LogP contribution >= 0.6 is 24.8 Å². The summed E-state index contributed by atoms with van der Waals surface area (Å²) < 4.78 is 5.25. The number of nitrogens with one attached hydrogen (secondary N) is 1. The van der Waals surface area contributed by atoms with Crippen molar-refractivity contribution in [2.75, 3.05) is 31.6 Å². The lowest BCUT2D eigenvalue weighted by molar-refractivity contribution is 0.365. The first-order chi connectivity index (χ1) is 14.9. The third-order valence-electron chi connectivity index (χ3n) is 5.59. The molecular formula is C23H30Cl2N6O2. The van der Waals surface area contributed by atoms with Gasteiger partial charge in [-0.1, -0.05) is 19.9 Å². The van der Waals surface area contributed by atoms with Crippen molar-refractivity contribution in [3.05, 3.63) is 42.2 Å². The number of anilines is 1. The lowest BCUT2D eigenvalue weighted by atomic mass is 10.0. The molecule has 0 bridgehead atoms. The van der Waals surface area contributed by atoms with Crippen LogP contribution in [0, 0.1) is 12.8 Å². The van der Waals surface area contributed by atoms with Gasteiger partial charge in [0.1, 0.15) is 11.4 Å². The summed E-state index contributed by atoms with van der Waals surface area (Å²) in [7, 11) is 1.59. The Bertz CT molecular complexity index is 1070. The molecule has 178 valence electrons. The Kier molecular flexibility index (Phi) is 9.22. The molecule has 0 spiro atoms. The van der Waals surface area contributed by atoms with E-state index >= 15 is 0 Å². The van der Waals surface area contributed by atoms with E-state index in [1.165, 1.54) is 0 Å². The number of piperazine rings is 1. The van der Waals surface area contributed by atoms with Gasteiger partial charge in [-0.05, 0) is 42.2 Å². The van der Waals surface area contributed by atoms with Crippen molar-refractivity contribution in [1.29, 1.82) is 0 Å². The van der Waals surface area contributed by atoms with Gasteiger partial charge in [0.2, 0.25) is 11.8 Å². The predicted octanol–water partition coefficient (Wildman–Crippen LogP) is 3.90. The fourth-order valence-corrected chi connectivity index (χ4v) is 3.78. The second-order valence-electron chi connectivity index (χ2n) is 8.17. The maximum Gasteiger partial charge on any atom is 0.245 e.